The van der Waals surface area contributed by atoms with Gasteiger partial charge in [0.1, 0.15) is 5.75 Å². The van der Waals surface area contributed by atoms with Crippen LogP contribution in [-0.2, 0) is 0 Å². The highest BCUT2D eigenvalue weighted by Crippen LogP contribution is 2.20. The van der Waals surface area contributed by atoms with Gasteiger partial charge in [-0.3, -0.25) is 0 Å². The van der Waals surface area contributed by atoms with Gasteiger partial charge in [0.05, 0.1) is 17.4 Å². The number of nitrogens with zero attached hydrogens (tertiary/aromatic N) is 1. The Morgan fingerprint density at radius 1 is 1.18 bits per heavy atom. The standard InChI is InChI=1S/C12H10N2O3/c13-9-3-6-11(14-7-9)17-10-4-1-8(2-5-10)12(15)16/h1-7H,13H2,(H,15,16). The zero-order valence-electron chi connectivity index (χ0n) is 8.83. The Morgan fingerprint density at radius 2 is 1.88 bits per heavy atom. The molecule has 0 spiro atoms. The zero-order valence-corrected chi connectivity index (χ0v) is 8.83. The minimum absolute atomic E-state index is 0.211. The normalized spacial score (nSPS) is 9.88. The van der Waals surface area contributed by atoms with Crippen molar-refractivity contribution < 1.29 is 14.6 Å². The van der Waals surface area contributed by atoms with Crippen molar-refractivity contribution in [3.63, 3.8) is 0 Å². The molecule has 0 unspecified atom stereocenters. The highest BCUT2D eigenvalue weighted by Gasteiger charge is 2.03. The SMILES string of the molecule is Nc1ccc(Oc2ccc(C(=O)O)cc2)nc1. The molecule has 0 radical (unpaired) electrons. The van der Waals surface area contributed by atoms with Gasteiger partial charge in [-0.1, -0.05) is 0 Å². The highest BCUT2D eigenvalue weighted by molar-refractivity contribution is 5.87. The van der Waals surface area contributed by atoms with Crippen LogP contribution in [0.15, 0.2) is 42.6 Å². The Hall–Kier alpha value is -2.56. The number of rotatable bonds is 3. The van der Waals surface area contributed by atoms with Crippen LogP contribution in [-0.4, -0.2) is 16.1 Å². The predicted molar refractivity (Wildman–Crippen MR) is 62.1 cm³/mol. The van der Waals surface area contributed by atoms with Crippen LogP contribution in [0.5, 0.6) is 11.6 Å². The fourth-order valence-electron chi connectivity index (χ4n) is 1.24. The predicted octanol–water partition coefficient (Wildman–Crippen LogP) is 2.15. The number of hydrogen-bond donors (Lipinski definition) is 2. The number of anilines is 1. The second-order valence-electron chi connectivity index (χ2n) is 3.36. The molecule has 0 saturated carbocycles. The highest BCUT2D eigenvalue weighted by atomic mass is 16.5. The van der Waals surface area contributed by atoms with Gasteiger partial charge in [0.2, 0.25) is 5.88 Å². The van der Waals surface area contributed by atoms with E-state index in [0.29, 0.717) is 17.3 Å². The molecule has 0 aliphatic carbocycles. The van der Waals surface area contributed by atoms with Crippen molar-refractivity contribution in [1.29, 1.82) is 0 Å². The molecule has 2 aromatic rings. The second kappa shape index (κ2) is 4.52. The van der Waals surface area contributed by atoms with Crippen molar-refractivity contribution in [2.24, 2.45) is 0 Å². The maximum atomic E-state index is 10.6. The maximum Gasteiger partial charge on any atom is 0.335 e. The van der Waals surface area contributed by atoms with Crippen molar-refractivity contribution in [1.82, 2.24) is 4.98 Å². The number of carbonyl (C=O) groups is 1. The van der Waals surface area contributed by atoms with Crippen LogP contribution in [0.4, 0.5) is 5.69 Å². The number of aromatic nitrogens is 1. The van der Waals surface area contributed by atoms with E-state index >= 15 is 0 Å². The van der Waals surface area contributed by atoms with Crippen LogP contribution in [0.25, 0.3) is 0 Å². The minimum Gasteiger partial charge on any atom is -0.478 e. The summed E-state index contributed by atoms with van der Waals surface area (Å²) in [6.45, 7) is 0. The molecule has 0 bridgehead atoms. The van der Waals surface area contributed by atoms with Gasteiger partial charge in [-0.15, -0.1) is 0 Å². The van der Waals surface area contributed by atoms with Gasteiger partial charge < -0.3 is 15.6 Å². The van der Waals surface area contributed by atoms with Crippen molar-refractivity contribution in [2.45, 2.75) is 0 Å². The number of nitrogens with two attached hydrogens (primary N) is 1. The van der Waals surface area contributed by atoms with E-state index in [-0.39, 0.29) is 5.56 Å². The van der Waals surface area contributed by atoms with E-state index in [1.807, 2.05) is 0 Å². The van der Waals surface area contributed by atoms with Gasteiger partial charge in [-0.05, 0) is 30.3 Å². The summed E-state index contributed by atoms with van der Waals surface area (Å²) in [6, 6.07) is 9.39. The first-order valence-electron chi connectivity index (χ1n) is 4.88. The largest absolute Gasteiger partial charge is 0.478 e. The third-order valence-electron chi connectivity index (χ3n) is 2.08. The molecule has 5 heteroatoms. The monoisotopic (exact) mass is 230 g/mol. The lowest BCUT2D eigenvalue weighted by Gasteiger charge is -2.04. The quantitative estimate of drug-likeness (QED) is 0.843. The summed E-state index contributed by atoms with van der Waals surface area (Å²) >= 11 is 0. The van der Waals surface area contributed by atoms with Crippen LogP contribution in [0.2, 0.25) is 0 Å². The number of carboxylic acids is 1. The molecular formula is C12H10N2O3. The number of hydrogen-bond acceptors (Lipinski definition) is 4. The number of nitrogen functional groups attached to an aromatic ring is 1. The van der Waals surface area contributed by atoms with Crippen molar-refractivity contribution in [2.75, 3.05) is 5.73 Å². The summed E-state index contributed by atoms with van der Waals surface area (Å²) < 4.78 is 5.41. The topological polar surface area (TPSA) is 85.4 Å². The molecule has 17 heavy (non-hydrogen) atoms. The van der Waals surface area contributed by atoms with E-state index in [2.05, 4.69) is 4.98 Å². The van der Waals surface area contributed by atoms with Crippen LogP contribution in [0, 0.1) is 0 Å². The van der Waals surface area contributed by atoms with Crippen molar-refractivity contribution >= 4 is 11.7 Å². The van der Waals surface area contributed by atoms with E-state index in [4.69, 9.17) is 15.6 Å². The van der Waals surface area contributed by atoms with Crippen LogP contribution >= 0.6 is 0 Å². The molecule has 0 saturated heterocycles. The summed E-state index contributed by atoms with van der Waals surface area (Å²) in [5.74, 6) is -0.0447. The van der Waals surface area contributed by atoms with E-state index in [9.17, 15) is 4.79 Å². The van der Waals surface area contributed by atoms with Crippen molar-refractivity contribution in [3.05, 3.63) is 48.2 Å². The lowest BCUT2D eigenvalue weighted by molar-refractivity contribution is 0.0697. The molecule has 1 aromatic carbocycles. The van der Waals surface area contributed by atoms with Gasteiger partial charge in [0.15, 0.2) is 0 Å². The minimum atomic E-state index is -0.970. The van der Waals surface area contributed by atoms with Crippen LogP contribution in [0.1, 0.15) is 10.4 Å². The third kappa shape index (κ3) is 2.72. The summed E-state index contributed by atoms with van der Waals surface area (Å²) in [4.78, 5) is 14.6. The number of carboxylic acid groups (broad SMARTS) is 1. The molecule has 0 aliphatic heterocycles. The average molecular weight is 230 g/mol. The lowest BCUT2D eigenvalue weighted by Crippen LogP contribution is -1.95. The smallest absolute Gasteiger partial charge is 0.335 e. The first-order valence-corrected chi connectivity index (χ1v) is 4.88. The molecule has 1 aromatic heterocycles. The van der Waals surface area contributed by atoms with E-state index < -0.39 is 5.97 Å². The summed E-state index contributed by atoms with van der Waals surface area (Å²) in [5, 5.41) is 8.73. The molecule has 3 N–H and O–H groups in total. The van der Waals surface area contributed by atoms with Gasteiger partial charge in [0.25, 0.3) is 0 Å². The molecule has 0 amide bonds. The molecule has 86 valence electrons. The zero-order chi connectivity index (χ0) is 12.3. The number of benzene rings is 1. The Morgan fingerprint density at radius 3 is 2.41 bits per heavy atom. The molecule has 2 rings (SSSR count). The van der Waals surface area contributed by atoms with Crippen LogP contribution < -0.4 is 10.5 Å². The number of pyridine rings is 1. The summed E-state index contributed by atoms with van der Waals surface area (Å²) in [7, 11) is 0. The average Bonchev–Trinajstić information content (AvgIpc) is 2.33. The lowest BCUT2D eigenvalue weighted by atomic mass is 10.2. The van der Waals surface area contributed by atoms with E-state index in [0.717, 1.165) is 0 Å². The number of aromatic carboxylic acids is 1. The first kappa shape index (κ1) is 10.9. The maximum absolute atomic E-state index is 10.6. The van der Waals surface area contributed by atoms with Gasteiger partial charge in [-0.25, -0.2) is 9.78 Å². The fourth-order valence-corrected chi connectivity index (χ4v) is 1.24. The number of ether oxygens (including phenoxy) is 1. The van der Waals surface area contributed by atoms with Gasteiger partial charge in [-0.2, -0.15) is 0 Å². The molecule has 5 nitrogen and oxygen atoms in total. The van der Waals surface area contributed by atoms with E-state index in [1.165, 1.54) is 18.3 Å². The van der Waals surface area contributed by atoms with Crippen LogP contribution in [0.3, 0.4) is 0 Å². The van der Waals surface area contributed by atoms with E-state index in [1.54, 1.807) is 24.3 Å². The third-order valence-corrected chi connectivity index (χ3v) is 2.08. The molecule has 0 atom stereocenters. The molecule has 1 heterocycles. The molecular weight excluding hydrogens is 220 g/mol. The second-order valence-corrected chi connectivity index (χ2v) is 3.36. The Labute approximate surface area is 97.5 Å². The summed E-state index contributed by atoms with van der Waals surface area (Å²) in [5.41, 5.74) is 6.25. The van der Waals surface area contributed by atoms with Gasteiger partial charge in [0, 0.05) is 6.07 Å². The Balaban J connectivity index is 2.13. The molecule has 0 aliphatic rings. The Bertz CT molecular complexity index is 520. The fraction of sp³-hybridized carbons (Fsp3) is 0. The Kier molecular flexibility index (Phi) is 2.91. The summed E-state index contributed by atoms with van der Waals surface area (Å²) in [6.07, 6.45) is 1.49. The molecule has 0 fully saturated rings. The first-order chi connectivity index (χ1) is 8.15. The van der Waals surface area contributed by atoms with Crippen molar-refractivity contribution in [3.8, 4) is 11.6 Å². The van der Waals surface area contributed by atoms with Gasteiger partial charge >= 0.3 is 5.97 Å².